The van der Waals surface area contributed by atoms with Gasteiger partial charge in [0, 0.05) is 0 Å². The number of hydrogen-bond donors (Lipinski definition) is 1. The molecular weight excluding hydrogens is 100 g/mol. The van der Waals surface area contributed by atoms with E-state index in [2.05, 4.69) is 0 Å². The fraction of sp³-hybridized carbons (Fsp3) is 0.857. The Labute approximate surface area is 51.7 Å². The van der Waals surface area contributed by atoms with Crippen LogP contribution < -0.4 is 0 Å². The van der Waals surface area contributed by atoms with Gasteiger partial charge in [-0.1, -0.05) is 20.8 Å². The predicted octanol–water partition coefficient (Wildman–Crippen LogP) is 1.62. The van der Waals surface area contributed by atoms with Gasteiger partial charge in [-0.25, -0.2) is 0 Å². The average Bonchev–Trinajstić information content (AvgIpc) is 1.67. The molecular formula is C7H15O. The first-order valence-corrected chi connectivity index (χ1v) is 3.14. The van der Waals surface area contributed by atoms with Crippen molar-refractivity contribution in [2.75, 3.05) is 0 Å². The third-order valence-electron chi connectivity index (χ3n) is 1.25. The smallest absolute Gasteiger partial charge is 0.0565 e. The molecule has 0 aliphatic carbocycles. The molecule has 0 aliphatic heterocycles. The monoisotopic (exact) mass is 115 g/mol. The second-order valence-electron chi connectivity index (χ2n) is 2.46. The molecule has 1 unspecified atom stereocenters. The molecule has 8 heavy (non-hydrogen) atoms. The maximum absolute atomic E-state index is 9.10. The third kappa shape index (κ3) is 3.03. The van der Waals surface area contributed by atoms with E-state index in [-0.39, 0.29) is 6.10 Å². The van der Waals surface area contributed by atoms with Gasteiger partial charge in [0.15, 0.2) is 0 Å². The average molecular weight is 115 g/mol. The van der Waals surface area contributed by atoms with Crippen LogP contribution in [0.1, 0.15) is 27.2 Å². The van der Waals surface area contributed by atoms with Crippen molar-refractivity contribution in [1.82, 2.24) is 0 Å². The topological polar surface area (TPSA) is 20.2 Å². The quantitative estimate of drug-likeness (QED) is 0.592. The Kier molecular flexibility index (Phi) is 3.88. The molecule has 1 N–H and O–H groups in total. The largest absolute Gasteiger partial charge is 0.393 e. The van der Waals surface area contributed by atoms with E-state index in [1.807, 2.05) is 27.2 Å². The van der Waals surface area contributed by atoms with Crippen molar-refractivity contribution in [3.05, 3.63) is 6.42 Å². The summed E-state index contributed by atoms with van der Waals surface area (Å²) in [6.07, 6.45) is 2.67. The molecule has 1 radical (unpaired) electrons. The first-order chi connectivity index (χ1) is 3.68. The van der Waals surface area contributed by atoms with E-state index in [0.29, 0.717) is 5.92 Å². The number of aliphatic hydroxyl groups excluding tert-OH is 1. The summed E-state index contributed by atoms with van der Waals surface area (Å²) in [4.78, 5) is 0. The van der Waals surface area contributed by atoms with Gasteiger partial charge in [0.05, 0.1) is 6.10 Å². The van der Waals surface area contributed by atoms with Crippen molar-refractivity contribution in [2.45, 2.75) is 33.3 Å². The standard InChI is InChI=1S/C7H15O/c1-4-5-7(8)6(2)3/h4,6-8H,5H2,1-3H3. The minimum atomic E-state index is -0.139. The molecule has 0 aromatic rings. The van der Waals surface area contributed by atoms with Crippen LogP contribution in [0.4, 0.5) is 0 Å². The van der Waals surface area contributed by atoms with E-state index in [0.717, 1.165) is 6.42 Å². The lowest BCUT2D eigenvalue weighted by atomic mass is 10.0. The first kappa shape index (κ1) is 7.96. The molecule has 0 amide bonds. The summed E-state index contributed by atoms with van der Waals surface area (Å²) in [5.74, 6) is 0.395. The van der Waals surface area contributed by atoms with Gasteiger partial charge in [-0.05, 0) is 18.8 Å². The summed E-state index contributed by atoms with van der Waals surface area (Å²) < 4.78 is 0. The normalized spacial score (nSPS) is 14.6. The number of rotatable bonds is 3. The molecule has 0 aliphatic rings. The zero-order chi connectivity index (χ0) is 6.57. The number of aliphatic hydroxyl groups is 1. The van der Waals surface area contributed by atoms with Crippen LogP contribution in [-0.2, 0) is 0 Å². The van der Waals surface area contributed by atoms with Crippen LogP contribution >= 0.6 is 0 Å². The Morgan fingerprint density at radius 1 is 1.50 bits per heavy atom. The van der Waals surface area contributed by atoms with Crippen molar-refractivity contribution < 1.29 is 5.11 Å². The SMILES string of the molecule is C[CH]CC(O)C(C)C. The Hall–Kier alpha value is -0.0400. The highest BCUT2D eigenvalue weighted by atomic mass is 16.3. The number of hydrogen-bond acceptors (Lipinski definition) is 1. The molecule has 0 spiro atoms. The van der Waals surface area contributed by atoms with Crippen LogP contribution in [0, 0.1) is 12.3 Å². The highest BCUT2D eigenvalue weighted by Gasteiger charge is 2.05. The Bertz CT molecular complexity index is 50.3. The van der Waals surface area contributed by atoms with E-state index in [4.69, 9.17) is 5.11 Å². The van der Waals surface area contributed by atoms with Gasteiger partial charge in [0.25, 0.3) is 0 Å². The fourth-order valence-corrected chi connectivity index (χ4v) is 0.514. The molecule has 0 aromatic heterocycles. The molecule has 1 nitrogen and oxygen atoms in total. The lowest BCUT2D eigenvalue weighted by molar-refractivity contribution is 0.125. The minimum absolute atomic E-state index is 0.139. The predicted molar refractivity (Wildman–Crippen MR) is 35.4 cm³/mol. The van der Waals surface area contributed by atoms with E-state index in [9.17, 15) is 0 Å². The molecule has 1 heteroatoms. The van der Waals surface area contributed by atoms with Crippen molar-refractivity contribution in [3.8, 4) is 0 Å². The third-order valence-corrected chi connectivity index (χ3v) is 1.25. The molecule has 49 valence electrons. The second-order valence-corrected chi connectivity index (χ2v) is 2.46. The molecule has 0 fully saturated rings. The lowest BCUT2D eigenvalue weighted by Gasteiger charge is -2.11. The summed E-state index contributed by atoms with van der Waals surface area (Å²) in [6.45, 7) is 6.01. The van der Waals surface area contributed by atoms with E-state index >= 15 is 0 Å². The van der Waals surface area contributed by atoms with Gasteiger partial charge in [-0.2, -0.15) is 0 Å². The van der Waals surface area contributed by atoms with Crippen LogP contribution in [0.15, 0.2) is 0 Å². The zero-order valence-electron chi connectivity index (χ0n) is 5.89. The van der Waals surface area contributed by atoms with Gasteiger partial charge in [0.2, 0.25) is 0 Å². The molecule has 0 rings (SSSR count). The molecule has 0 aromatic carbocycles. The van der Waals surface area contributed by atoms with Crippen LogP contribution in [0.2, 0.25) is 0 Å². The van der Waals surface area contributed by atoms with E-state index < -0.39 is 0 Å². The highest BCUT2D eigenvalue weighted by Crippen LogP contribution is 2.05. The van der Waals surface area contributed by atoms with Crippen molar-refractivity contribution in [3.63, 3.8) is 0 Å². The maximum Gasteiger partial charge on any atom is 0.0565 e. The van der Waals surface area contributed by atoms with Crippen molar-refractivity contribution >= 4 is 0 Å². The first-order valence-electron chi connectivity index (χ1n) is 3.14. The summed E-state index contributed by atoms with van der Waals surface area (Å²) in [5.41, 5.74) is 0. The summed E-state index contributed by atoms with van der Waals surface area (Å²) in [6, 6.07) is 0. The minimum Gasteiger partial charge on any atom is -0.393 e. The molecule has 0 saturated carbocycles. The second kappa shape index (κ2) is 3.90. The van der Waals surface area contributed by atoms with Crippen molar-refractivity contribution in [2.24, 2.45) is 5.92 Å². The summed E-state index contributed by atoms with van der Waals surface area (Å²) >= 11 is 0. The van der Waals surface area contributed by atoms with E-state index in [1.165, 1.54) is 0 Å². The Balaban J connectivity index is 3.17. The van der Waals surface area contributed by atoms with Gasteiger partial charge in [0.1, 0.15) is 0 Å². The summed E-state index contributed by atoms with van der Waals surface area (Å²) in [7, 11) is 0. The van der Waals surface area contributed by atoms with Gasteiger partial charge >= 0.3 is 0 Å². The van der Waals surface area contributed by atoms with E-state index in [1.54, 1.807) is 0 Å². The van der Waals surface area contributed by atoms with Crippen LogP contribution in [0.25, 0.3) is 0 Å². The highest BCUT2D eigenvalue weighted by molar-refractivity contribution is 4.66. The van der Waals surface area contributed by atoms with Gasteiger partial charge in [-0.3, -0.25) is 0 Å². The fourth-order valence-electron chi connectivity index (χ4n) is 0.514. The van der Waals surface area contributed by atoms with Gasteiger partial charge < -0.3 is 5.11 Å². The van der Waals surface area contributed by atoms with Gasteiger partial charge in [-0.15, -0.1) is 0 Å². The van der Waals surface area contributed by atoms with Crippen molar-refractivity contribution in [1.29, 1.82) is 0 Å². The van der Waals surface area contributed by atoms with Crippen LogP contribution in [0.5, 0.6) is 0 Å². The summed E-state index contributed by atoms with van der Waals surface area (Å²) in [5, 5.41) is 9.10. The Morgan fingerprint density at radius 3 is 2.12 bits per heavy atom. The molecule has 0 heterocycles. The Morgan fingerprint density at radius 2 is 2.00 bits per heavy atom. The molecule has 0 saturated heterocycles. The molecule has 0 bridgehead atoms. The molecule has 1 atom stereocenters. The van der Waals surface area contributed by atoms with Crippen LogP contribution in [-0.4, -0.2) is 11.2 Å². The lowest BCUT2D eigenvalue weighted by Crippen LogP contribution is -2.13. The van der Waals surface area contributed by atoms with Crippen LogP contribution in [0.3, 0.4) is 0 Å². The zero-order valence-corrected chi connectivity index (χ0v) is 5.89. The maximum atomic E-state index is 9.10.